The van der Waals surface area contributed by atoms with E-state index in [2.05, 4.69) is 12.6 Å². The maximum Gasteiger partial charge on any atom is 0.0806 e. The van der Waals surface area contributed by atoms with Crippen molar-refractivity contribution in [2.75, 3.05) is 5.75 Å². The molecule has 0 radical (unpaired) electrons. The van der Waals surface area contributed by atoms with E-state index < -0.39 is 12.2 Å². The SMILES string of the molecule is C.CCC(O)C(O)CCS. The molecule has 0 saturated carbocycles. The molecule has 0 aromatic rings. The fourth-order valence-electron chi connectivity index (χ4n) is 0.597. The minimum atomic E-state index is -0.590. The van der Waals surface area contributed by atoms with Gasteiger partial charge in [-0.05, 0) is 18.6 Å². The van der Waals surface area contributed by atoms with E-state index >= 15 is 0 Å². The molecule has 0 heterocycles. The quantitative estimate of drug-likeness (QED) is 0.547. The Morgan fingerprint density at radius 3 is 2.10 bits per heavy atom. The van der Waals surface area contributed by atoms with Gasteiger partial charge in [0, 0.05) is 0 Å². The molecule has 2 unspecified atom stereocenters. The molecule has 10 heavy (non-hydrogen) atoms. The largest absolute Gasteiger partial charge is 0.390 e. The molecular formula is C7H18O2S. The summed E-state index contributed by atoms with van der Waals surface area (Å²) in [4.78, 5) is 0. The van der Waals surface area contributed by atoms with Gasteiger partial charge in [-0.3, -0.25) is 0 Å². The lowest BCUT2D eigenvalue weighted by Gasteiger charge is -2.13. The Morgan fingerprint density at radius 1 is 1.30 bits per heavy atom. The highest BCUT2D eigenvalue weighted by Crippen LogP contribution is 2.02. The molecule has 0 bridgehead atoms. The summed E-state index contributed by atoms with van der Waals surface area (Å²) in [5, 5.41) is 18.0. The van der Waals surface area contributed by atoms with E-state index in [1.807, 2.05) is 6.92 Å². The molecule has 0 fully saturated rings. The predicted molar refractivity (Wildman–Crippen MR) is 47.5 cm³/mol. The van der Waals surface area contributed by atoms with Crippen LogP contribution in [-0.4, -0.2) is 28.2 Å². The Balaban J connectivity index is 0. The Morgan fingerprint density at radius 2 is 1.80 bits per heavy atom. The predicted octanol–water partition coefficient (Wildman–Crippen LogP) is 1.07. The Kier molecular flexibility index (Phi) is 9.52. The van der Waals surface area contributed by atoms with Crippen LogP contribution in [0.15, 0.2) is 0 Å². The zero-order valence-corrected chi connectivity index (χ0v) is 6.51. The summed E-state index contributed by atoms with van der Waals surface area (Å²) in [6.45, 7) is 1.84. The summed E-state index contributed by atoms with van der Waals surface area (Å²) in [6.07, 6.45) is 0.0113. The molecule has 0 aliphatic rings. The van der Waals surface area contributed by atoms with E-state index in [0.717, 1.165) is 0 Å². The number of aliphatic hydroxyl groups excluding tert-OH is 2. The average molecular weight is 166 g/mol. The summed E-state index contributed by atoms with van der Waals surface area (Å²) >= 11 is 3.92. The van der Waals surface area contributed by atoms with Crippen molar-refractivity contribution < 1.29 is 10.2 Å². The Labute approximate surface area is 68.7 Å². The van der Waals surface area contributed by atoms with Gasteiger partial charge < -0.3 is 10.2 Å². The second kappa shape index (κ2) is 7.38. The molecule has 0 aromatic carbocycles. The van der Waals surface area contributed by atoms with Crippen molar-refractivity contribution in [3.8, 4) is 0 Å². The average Bonchev–Trinajstić information content (AvgIpc) is 1.87. The molecule has 0 rings (SSSR count). The normalized spacial score (nSPS) is 15.6. The van der Waals surface area contributed by atoms with E-state index in [9.17, 15) is 0 Å². The van der Waals surface area contributed by atoms with Gasteiger partial charge in [0.2, 0.25) is 0 Å². The van der Waals surface area contributed by atoms with Gasteiger partial charge in [0.1, 0.15) is 0 Å². The molecule has 0 amide bonds. The summed E-state index contributed by atoms with van der Waals surface area (Å²) < 4.78 is 0. The van der Waals surface area contributed by atoms with Crippen LogP contribution < -0.4 is 0 Å². The van der Waals surface area contributed by atoms with Gasteiger partial charge in [-0.15, -0.1) is 0 Å². The number of thiol groups is 1. The summed E-state index contributed by atoms with van der Waals surface area (Å²) in [5.41, 5.74) is 0. The first-order chi connectivity index (χ1) is 4.22. The standard InChI is InChI=1S/C6H14O2S.CH4/c1-2-5(7)6(8)3-4-9;/h5-9H,2-4H2,1H3;1H4. The van der Waals surface area contributed by atoms with Crippen LogP contribution in [0.5, 0.6) is 0 Å². The van der Waals surface area contributed by atoms with Crippen molar-refractivity contribution in [2.45, 2.75) is 39.4 Å². The molecular weight excluding hydrogens is 148 g/mol. The molecule has 2 N–H and O–H groups in total. The van der Waals surface area contributed by atoms with Gasteiger partial charge in [-0.2, -0.15) is 12.6 Å². The van der Waals surface area contributed by atoms with Gasteiger partial charge in [-0.25, -0.2) is 0 Å². The molecule has 0 aliphatic heterocycles. The highest BCUT2D eigenvalue weighted by molar-refractivity contribution is 7.80. The second-order valence-electron chi connectivity index (χ2n) is 2.06. The lowest BCUT2D eigenvalue weighted by Crippen LogP contribution is -2.25. The molecule has 0 saturated heterocycles. The van der Waals surface area contributed by atoms with Crippen molar-refractivity contribution in [1.82, 2.24) is 0 Å². The van der Waals surface area contributed by atoms with Crippen LogP contribution in [0.1, 0.15) is 27.2 Å². The third kappa shape index (κ3) is 5.09. The minimum Gasteiger partial charge on any atom is -0.390 e. The lowest BCUT2D eigenvalue weighted by molar-refractivity contribution is 0.0165. The van der Waals surface area contributed by atoms with E-state index in [1.165, 1.54) is 0 Å². The van der Waals surface area contributed by atoms with Crippen molar-refractivity contribution >= 4 is 12.6 Å². The van der Waals surface area contributed by atoms with Crippen LogP contribution in [0.25, 0.3) is 0 Å². The Hall–Kier alpha value is 0.270. The summed E-state index contributed by atoms with van der Waals surface area (Å²) in [5.74, 6) is 0.623. The molecule has 0 aliphatic carbocycles. The fraction of sp³-hybridized carbons (Fsp3) is 1.00. The van der Waals surface area contributed by atoms with E-state index in [0.29, 0.717) is 18.6 Å². The van der Waals surface area contributed by atoms with Crippen molar-refractivity contribution in [3.63, 3.8) is 0 Å². The number of rotatable bonds is 4. The first-order valence-corrected chi connectivity index (χ1v) is 3.82. The van der Waals surface area contributed by atoms with Crippen molar-refractivity contribution in [3.05, 3.63) is 0 Å². The third-order valence-electron chi connectivity index (χ3n) is 1.29. The summed E-state index contributed by atoms with van der Waals surface area (Å²) in [6, 6.07) is 0. The van der Waals surface area contributed by atoms with Gasteiger partial charge in [-0.1, -0.05) is 14.4 Å². The van der Waals surface area contributed by atoms with Gasteiger partial charge in [0.25, 0.3) is 0 Å². The van der Waals surface area contributed by atoms with Crippen molar-refractivity contribution in [1.29, 1.82) is 0 Å². The van der Waals surface area contributed by atoms with Crippen LogP contribution in [0.4, 0.5) is 0 Å². The van der Waals surface area contributed by atoms with Gasteiger partial charge in [0.05, 0.1) is 12.2 Å². The van der Waals surface area contributed by atoms with Crippen molar-refractivity contribution in [2.24, 2.45) is 0 Å². The zero-order valence-electron chi connectivity index (χ0n) is 5.62. The number of aliphatic hydroxyl groups is 2. The lowest BCUT2D eigenvalue weighted by atomic mass is 10.1. The molecule has 0 spiro atoms. The molecule has 0 aromatic heterocycles. The highest BCUT2D eigenvalue weighted by atomic mass is 32.1. The van der Waals surface area contributed by atoms with E-state index in [-0.39, 0.29) is 7.43 Å². The van der Waals surface area contributed by atoms with Crippen LogP contribution in [-0.2, 0) is 0 Å². The maximum absolute atomic E-state index is 9.02. The van der Waals surface area contributed by atoms with Gasteiger partial charge in [0.15, 0.2) is 0 Å². The maximum atomic E-state index is 9.02. The zero-order chi connectivity index (χ0) is 7.28. The molecule has 2 atom stereocenters. The first kappa shape index (κ1) is 12.9. The summed E-state index contributed by atoms with van der Waals surface area (Å²) in [7, 11) is 0. The molecule has 2 nitrogen and oxygen atoms in total. The van der Waals surface area contributed by atoms with E-state index in [4.69, 9.17) is 10.2 Å². The van der Waals surface area contributed by atoms with Gasteiger partial charge >= 0.3 is 0 Å². The molecule has 64 valence electrons. The fourth-order valence-corrected chi connectivity index (χ4v) is 0.861. The highest BCUT2D eigenvalue weighted by Gasteiger charge is 2.11. The number of hydrogen-bond donors (Lipinski definition) is 3. The van der Waals surface area contributed by atoms with Crippen LogP contribution >= 0.6 is 12.6 Å². The smallest absolute Gasteiger partial charge is 0.0806 e. The second-order valence-corrected chi connectivity index (χ2v) is 2.50. The Bertz CT molecular complexity index is 68.6. The molecule has 3 heteroatoms. The first-order valence-electron chi connectivity index (χ1n) is 3.19. The van der Waals surface area contributed by atoms with Crippen LogP contribution in [0.3, 0.4) is 0 Å². The topological polar surface area (TPSA) is 40.5 Å². The van der Waals surface area contributed by atoms with Crippen LogP contribution in [0.2, 0.25) is 0 Å². The third-order valence-corrected chi connectivity index (χ3v) is 1.55. The monoisotopic (exact) mass is 166 g/mol. The van der Waals surface area contributed by atoms with E-state index in [1.54, 1.807) is 0 Å². The van der Waals surface area contributed by atoms with Crippen LogP contribution in [0, 0.1) is 0 Å². The number of hydrogen-bond acceptors (Lipinski definition) is 3. The minimum absolute atomic E-state index is 0.